The summed E-state index contributed by atoms with van der Waals surface area (Å²) in [6, 6.07) is 5.82. The molecule has 0 bridgehead atoms. The maximum Gasteiger partial charge on any atom is 0.137 e. The van der Waals surface area contributed by atoms with Crippen molar-refractivity contribution in [2.45, 2.75) is 25.3 Å². The highest BCUT2D eigenvalue weighted by Crippen LogP contribution is 2.44. The fraction of sp³-hybridized carbons (Fsp3) is 0.455. The van der Waals surface area contributed by atoms with E-state index < -0.39 is 0 Å². The highest BCUT2D eigenvalue weighted by Gasteiger charge is 2.40. The van der Waals surface area contributed by atoms with E-state index in [1.54, 1.807) is 0 Å². The van der Waals surface area contributed by atoms with Crippen LogP contribution in [0.15, 0.2) is 18.2 Å². The molecule has 2 N–H and O–H groups in total. The van der Waals surface area contributed by atoms with Crippen molar-refractivity contribution in [2.75, 3.05) is 6.61 Å². The Hall–Kier alpha value is -0.730. The molecule has 0 heterocycles. The van der Waals surface area contributed by atoms with Crippen LogP contribution in [0.3, 0.4) is 0 Å². The molecule has 0 atom stereocenters. The van der Waals surface area contributed by atoms with Crippen LogP contribution in [0.5, 0.6) is 5.75 Å². The van der Waals surface area contributed by atoms with Crippen LogP contribution in [0.4, 0.5) is 0 Å². The lowest BCUT2D eigenvalue weighted by Gasteiger charge is -2.11. The summed E-state index contributed by atoms with van der Waals surface area (Å²) in [5.74, 6) is 0.738. The van der Waals surface area contributed by atoms with Gasteiger partial charge < -0.3 is 10.5 Å². The fourth-order valence-corrected chi connectivity index (χ4v) is 1.74. The maximum atomic E-state index is 6.06. The van der Waals surface area contributed by atoms with Gasteiger partial charge in [0.25, 0.3) is 0 Å². The Bertz CT molecular complexity index is 347. The maximum absolute atomic E-state index is 6.06. The van der Waals surface area contributed by atoms with Gasteiger partial charge in [0, 0.05) is 5.54 Å². The first kappa shape index (κ1) is 9.81. The Morgan fingerprint density at radius 1 is 1.50 bits per heavy atom. The minimum Gasteiger partial charge on any atom is -0.492 e. The van der Waals surface area contributed by atoms with E-state index in [-0.39, 0.29) is 5.54 Å². The number of ether oxygens (including phenoxy) is 1. The summed E-state index contributed by atoms with van der Waals surface area (Å²) in [4.78, 5) is 0. The topological polar surface area (TPSA) is 35.2 Å². The molecular weight excluding hydrogens is 198 g/mol. The molecule has 0 spiro atoms. The molecule has 1 saturated carbocycles. The van der Waals surface area contributed by atoms with E-state index in [1.165, 1.54) is 0 Å². The monoisotopic (exact) mass is 211 g/mol. The lowest BCUT2D eigenvalue weighted by molar-refractivity contribution is 0.340. The number of nitrogens with two attached hydrogens (primary N) is 1. The lowest BCUT2D eigenvalue weighted by Crippen LogP contribution is -2.18. The predicted molar refractivity (Wildman–Crippen MR) is 57.7 cm³/mol. The van der Waals surface area contributed by atoms with Crippen LogP contribution in [0.1, 0.15) is 25.3 Å². The summed E-state index contributed by atoms with van der Waals surface area (Å²) in [6.45, 7) is 2.57. The molecule has 0 radical (unpaired) electrons. The van der Waals surface area contributed by atoms with Crippen LogP contribution < -0.4 is 10.5 Å². The van der Waals surface area contributed by atoms with E-state index in [0.717, 1.165) is 24.2 Å². The van der Waals surface area contributed by atoms with E-state index in [9.17, 15) is 0 Å². The fourth-order valence-electron chi connectivity index (χ4n) is 1.51. The van der Waals surface area contributed by atoms with Gasteiger partial charge in [-0.15, -0.1) is 0 Å². The molecule has 1 aliphatic carbocycles. The zero-order valence-electron chi connectivity index (χ0n) is 8.22. The number of benzene rings is 1. The Balaban J connectivity index is 2.26. The van der Waals surface area contributed by atoms with Crippen molar-refractivity contribution in [2.24, 2.45) is 5.73 Å². The Kier molecular flexibility index (Phi) is 2.41. The first-order valence-electron chi connectivity index (χ1n) is 4.87. The van der Waals surface area contributed by atoms with E-state index >= 15 is 0 Å². The SMILES string of the molecule is CCOc1ccc(C2(N)CC2)cc1Cl. The summed E-state index contributed by atoms with van der Waals surface area (Å²) < 4.78 is 5.35. The van der Waals surface area contributed by atoms with Crippen molar-refractivity contribution in [3.05, 3.63) is 28.8 Å². The van der Waals surface area contributed by atoms with E-state index in [4.69, 9.17) is 22.1 Å². The molecule has 0 aliphatic heterocycles. The summed E-state index contributed by atoms with van der Waals surface area (Å²) in [5, 5.41) is 0.654. The Morgan fingerprint density at radius 3 is 2.71 bits per heavy atom. The molecule has 0 amide bonds. The van der Waals surface area contributed by atoms with Crippen molar-refractivity contribution in [3.8, 4) is 5.75 Å². The van der Waals surface area contributed by atoms with Crippen molar-refractivity contribution in [3.63, 3.8) is 0 Å². The molecule has 3 heteroatoms. The lowest BCUT2D eigenvalue weighted by atomic mass is 10.1. The third-order valence-electron chi connectivity index (χ3n) is 2.60. The van der Waals surface area contributed by atoms with Gasteiger partial charge in [0.05, 0.1) is 11.6 Å². The summed E-state index contributed by atoms with van der Waals surface area (Å²) in [5.41, 5.74) is 7.06. The standard InChI is InChI=1S/C11H14ClNO/c1-2-14-10-4-3-8(7-9(10)12)11(13)5-6-11/h3-4,7H,2,5-6,13H2,1H3. The second-order valence-corrected chi connectivity index (χ2v) is 4.14. The molecule has 2 rings (SSSR count). The highest BCUT2D eigenvalue weighted by molar-refractivity contribution is 6.32. The number of hydrogen-bond donors (Lipinski definition) is 1. The van der Waals surface area contributed by atoms with Gasteiger partial charge >= 0.3 is 0 Å². The molecular formula is C11H14ClNO. The van der Waals surface area contributed by atoms with Gasteiger partial charge in [0.1, 0.15) is 5.75 Å². The molecule has 0 unspecified atom stereocenters. The smallest absolute Gasteiger partial charge is 0.137 e. The van der Waals surface area contributed by atoms with Gasteiger partial charge in [-0.25, -0.2) is 0 Å². The molecule has 14 heavy (non-hydrogen) atoms. The molecule has 1 aromatic rings. The third-order valence-corrected chi connectivity index (χ3v) is 2.89. The quantitative estimate of drug-likeness (QED) is 0.835. The second-order valence-electron chi connectivity index (χ2n) is 3.73. The summed E-state index contributed by atoms with van der Waals surface area (Å²) >= 11 is 6.06. The van der Waals surface area contributed by atoms with Gasteiger partial charge in [0.15, 0.2) is 0 Å². The molecule has 0 aromatic heterocycles. The van der Waals surface area contributed by atoms with Crippen molar-refractivity contribution < 1.29 is 4.74 Å². The van der Waals surface area contributed by atoms with Crippen LogP contribution >= 0.6 is 11.6 Å². The number of hydrogen-bond acceptors (Lipinski definition) is 2. The number of rotatable bonds is 3. The van der Waals surface area contributed by atoms with Crippen LogP contribution in [0, 0.1) is 0 Å². The van der Waals surface area contributed by atoms with Crippen LogP contribution in [0.25, 0.3) is 0 Å². The van der Waals surface area contributed by atoms with Gasteiger partial charge in [-0.2, -0.15) is 0 Å². The molecule has 76 valence electrons. The molecule has 1 aromatic carbocycles. The van der Waals surface area contributed by atoms with E-state index in [0.29, 0.717) is 11.6 Å². The van der Waals surface area contributed by atoms with Gasteiger partial charge in [0.2, 0.25) is 0 Å². The molecule has 1 fully saturated rings. The van der Waals surface area contributed by atoms with Crippen LogP contribution in [0.2, 0.25) is 5.02 Å². The Labute approximate surface area is 89.0 Å². The normalized spacial score (nSPS) is 17.9. The zero-order chi connectivity index (χ0) is 10.2. The van der Waals surface area contributed by atoms with Gasteiger partial charge in [-0.1, -0.05) is 17.7 Å². The molecule has 1 aliphatic rings. The second kappa shape index (κ2) is 3.44. The minimum atomic E-state index is -0.117. The van der Waals surface area contributed by atoms with Crippen molar-refractivity contribution in [1.29, 1.82) is 0 Å². The van der Waals surface area contributed by atoms with Gasteiger partial charge in [-0.3, -0.25) is 0 Å². The third kappa shape index (κ3) is 1.72. The Morgan fingerprint density at radius 2 is 2.21 bits per heavy atom. The van der Waals surface area contributed by atoms with E-state index in [2.05, 4.69) is 0 Å². The van der Waals surface area contributed by atoms with Crippen molar-refractivity contribution in [1.82, 2.24) is 0 Å². The predicted octanol–water partition coefficient (Wildman–Crippen LogP) is 2.69. The van der Waals surface area contributed by atoms with Gasteiger partial charge in [-0.05, 0) is 37.5 Å². The summed E-state index contributed by atoms with van der Waals surface area (Å²) in [7, 11) is 0. The zero-order valence-corrected chi connectivity index (χ0v) is 8.97. The molecule has 2 nitrogen and oxygen atoms in total. The van der Waals surface area contributed by atoms with Crippen LogP contribution in [-0.2, 0) is 5.54 Å². The average molecular weight is 212 g/mol. The minimum absolute atomic E-state index is 0.117. The summed E-state index contributed by atoms with van der Waals surface area (Å²) in [6.07, 6.45) is 2.11. The van der Waals surface area contributed by atoms with Crippen LogP contribution in [-0.4, -0.2) is 6.61 Å². The average Bonchev–Trinajstić information content (AvgIpc) is 2.89. The van der Waals surface area contributed by atoms with Crippen molar-refractivity contribution >= 4 is 11.6 Å². The first-order valence-corrected chi connectivity index (χ1v) is 5.25. The number of halogens is 1. The molecule has 0 saturated heterocycles. The van der Waals surface area contributed by atoms with E-state index in [1.807, 2.05) is 25.1 Å². The largest absolute Gasteiger partial charge is 0.492 e. The first-order chi connectivity index (χ1) is 6.65. The highest BCUT2D eigenvalue weighted by atomic mass is 35.5.